The summed E-state index contributed by atoms with van der Waals surface area (Å²) in [6.07, 6.45) is 4.66. The van der Waals surface area contributed by atoms with Crippen LogP contribution in [0.15, 0.2) is 158 Å². The van der Waals surface area contributed by atoms with Gasteiger partial charge >= 0.3 is 12.2 Å². The Morgan fingerprint density at radius 2 is 0.700 bits per heavy atom. The molecule has 696 valence electrons. The molecule has 0 spiro atoms. The van der Waals surface area contributed by atoms with Gasteiger partial charge < -0.3 is 68.4 Å². The molecule has 6 aromatic rings. The van der Waals surface area contributed by atoms with Gasteiger partial charge in [0, 0.05) is 37.1 Å². The third-order valence-corrected chi connectivity index (χ3v) is 36.4. The Morgan fingerprint density at radius 1 is 0.385 bits per heavy atom. The van der Waals surface area contributed by atoms with Gasteiger partial charge in [-0.25, -0.2) is 19.4 Å². The maximum absolute atomic E-state index is 16.5. The number of nitrogens with one attached hydrogen (secondary N) is 10. The molecule has 0 aliphatic heterocycles. The minimum absolute atomic E-state index is 0.100. The third-order valence-electron chi connectivity index (χ3n) is 24.9. The fourth-order valence-corrected chi connectivity index (χ4v) is 27.7. The Hall–Kier alpha value is -11.3. The topological polar surface area (TPSA) is 427 Å². The Labute approximate surface area is 770 Å². The number of benzene rings is 6. The first-order valence-corrected chi connectivity index (χ1v) is 50.6. The Kier molecular flexibility index (Phi) is 34.2. The predicted octanol–water partition coefficient (Wildman–Crippen LogP) is 8.52. The Bertz CT molecular complexity index is 5180. The van der Waals surface area contributed by atoms with E-state index in [2.05, 4.69) is 53.2 Å². The molecule has 30 nitrogen and oxygen atoms in total. The van der Waals surface area contributed by atoms with Gasteiger partial charge in [0.05, 0.1) is 0 Å². The van der Waals surface area contributed by atoms with E-state index in [1.165, 1.54) is 83.1 Å². The van der Waals surface area contributed by atoms with E-state index in [0.29, 0.717) is 46.1 Å². The van der Waals surface area contributed by atoms with Crippen molar-refractivity contribution in [1.29, 1.82) is 0 Å². The maximum Gasteiger partial charge on any atom is 0.417 e. The summed E-state index contributed by atoms with van der Waals surface area (Å²) in [5, 5.41) is 27.2. The summed E-state index contributed by atoms with van der Waals surface area (Å²) in [6, 6.07) is 25.8. The van der Waals surface area contributed by atoms with Crippen LogP contribution < -0.4 is 69.5 Å². The number of nitrogens with zero attached hydrogens (tertiary/aromatic N) is 2. The highest BCUT2D eigenvalue weighted by Crippen LogP contribution is 2.64. The second-order valence-corrected chi connectivity index (χ2v) is 46.2. The van der Waals surface area contributed by atoms with Crippen LogP contribution in [0, 0.1) is 5.92 Å². The highest BCUT2D eigenvalue weighted by Gasteiger charge is 2.50. The van der Waals surface area contributed by atoms with Crippen LogP contribution >= 0.6 is 12.1 Å². The SMILES string of the molecule is CC(=O)N[C@@H](C)C(=O)N[C@@H](C)C(=O)NC(C)(C)C(=O)N[C@@H](C)C(=O)N(C(=O)OCC1c2ccccc2-c2ccccc21)[C@H](CP(=S)(c1ccccc1)c1ccccc1)C(=O)N[C@@H](C)C(=O)N[C@@H](C)C(=O)N(C(=O)OCC1c2ccccc2-c2ccccc21)[C@@H](CP(=S)(C1CCCCC1)C1CCCCC1)C(=O)N[C@H](C(=O)N[C@@H](C)C(=O)NC(C)(C)C(=O)N[C@@H](C)C(N)=O)C(C)C. The molecule has 130 heavy (non-hydrogen) atoms. The molecule has 10 atom stereocenters. The van der Waals surface area contributed by atoms with Gasteiger partial charge in [0.15, 0.2) is 0 Å². The predicted molar refractivity (Wildman–Crippen MR) is 505 cm³/mol. The Morgan fingerprint density at radius 3 is 1.08 bits per heavy atom. The van der Waals surface area contributed by atoms with Crippen molar-refractivity contribution in [2.45, 2.75) is 256 Å². The van der Waals surface area contributed by atoms with Gasteiger partial charge in [0.1, 0.15) is 84.7 Å². The summed E-state index contributed by atoms with van der Waals surface area (Å²) in [5.41, 5.74) is 8.38. The number of rotatable bonds is 37. The minimum Gasteiger partial charge on any atom is -0.448 e. The molecule has 0 saturated heterocycles. The molecule has 2 saturated carbocycles. The fourth-order valence-electron chi connectivity index (χ4n) is 17.4. The van der Waals surface area contributed by atoms with Gasteiger partial charge in [-0.15, -0.1) is 0 Å². The third kappa shape index (κ3) is 24.1. The fraction of sp³-hybridized carbons (Fsp3) is 0.469. The van der Waals surface area contributed by atoms with Crippen molar-refractivity contribution in [3.63, 3.8) is 0 Å². The number of fused-ring (bicyclic) bond motifs is 6. The number of nitrogens with two attached hydrogens (primary N) is 1. The average molecular weight is 1860 g/mol. The average Bonchev–Trinajstić information content (AvgIpc) is 1.39. The van der Waals surface area contributed by atoms with Crippen molar-refractivity contribution >= 4 is 135 Å². The molecule has 0 aromatic heterocycles. The maximum atomic E-state index is 16.5. The first-order chi connectivity index (χ1) is 61.5. The smallest absolute Gasteiger partial charge is 0.417 e. The largest absolute Gasteiger partial charge is 0.448 e. The van der Waals surface area contributed by atoms with E-state index in [1.807, 2.05) is 97.1 Å². The number of primary amides is 1. The van der Waals surface area contributed by atoms with Crippen molar-refractivity contribution in [2.75, 3.05) is 25.5 Å². The number of carbonyl (C=O) groups is 15. The highest BCUT2D eigenvalue weighted by molar-refractivity contribution is 8.22. The second kappa shape index (κ2) is 44.1. The normalized spacial score (nSPS) is 16.4. The lowest BCUT2D eigenvalue weighted by molar-refractivity contribution is -0.143. The van der Waals surface area contributed by atoms with Crippen molar-refractivity contribution in [3.8, 4) is 22.3 Å². The monoisotopic (exact) mass is 1860 g/mol. The molecule has 2 fully saturated rings. The minimum atomic E-state index is -3.50. The summed E-state index contributed by atoms with van der Waals surface area (Å²) < 4.78 is 12.8. The molecule has 12 N–H and O–H groups in total. The van der Waals surface area contributed by atoms with Crippen LogP contribution in [-0.4, -0.2) is 207 Å². The quantitative estimate of drug-likeness (QED) is 0.0163. The second-order valence-electron chi connectivity index (χ2n) is 35.9. The summed E-state index contributed by atoms with van der Waals surface area (Å²) in [7, 11) is 0. The van der Waals surface area contributed by atoms with E-state index >= 15 is 33.6 Å². The first kappa shape index (κ1) is 101. The lowest BCUT2D eigenvalue weighted by Crippen LogP contribution is -2.64. The number of amides is 15. The molecular formula is C96H123N13O17P2S2. The summed E-state index contributed by atoms with van der Waals surface area (Å²) in [4.78, 5) is 222. The number of ether oxygens (including phenoxy) is 2. The zero-order chi connectivity index (χ0) is 95.0. The van der Waals surface area contributed by atoms with Gasteiger partial charge in [-0.05, 0) is 180 Å². The van der Waals surface area contributed by atoms with Gasteiger partial charge in [-0.2, -0.15) is 0 Å². The molecule has 0 heterocycles. The lowest BCUT2D eigenvalue weighted by Gasteiger charge is -2.44. The summed E-state index contributed by atoms with van der Waals surface area (Å²) in [5.74, 6) is -13.9. The van der Waals surface area contributed by atoms with Gasteiger partial charge in [-0.1, -0.05) is 234 Å². The zero-order valence-electron chi connectivity index (χ0n) is 76.2. The van der Waals surface area contributed by atoms with E-state index in [4.69, 9.17) is 38.8 Å². The molecule has 4 aliphatic carbocycles. The zero-order valence-corrected chi connectivity index (χ0v) is 79.6. The van der Waals surface area contributed by atoms with Gasteiger partial charge in [-0.3, -0.25) is 62.3 Å². The van der Waals surface area contributed by atoms with E-state index in [-0.39, 0.29) is 24.1 Å². The number of imide groups is 2. The van der Waals surface area contributed by atoms with Gasteiger partial charge in [0.25, 0.3) is 11.8 Å². The van der Waals surface area contributed by atoms with E-state index < -0.39 is 203 Å². The molecule has 10 rings (SSSR count). The van der Waals surface area contributed by atoms with E-state index in [9.17, 15) is 38.4 Å². The number of hydrogen-bond acceptors (Lipinski definition) is 19. The van der Waals surface area contributed by atoms with Crippen LogP contribution in [0.1, 0.15) is 195 Å². The van der Waals surface area contributed by atoms with E-state index in [0.717, 1.165) is 83.0 Å². The standard InChI is InChI=1S/C96H123N13O17P2S2/c1-55(2)80(88(118)101-60(7)85(115)107-95(11,12)91(121)103-56(3)81(97)111)105-87(117)79(54-128(130,66-39-23-17-24-40-66)67-41-25-18-26-42-67)109(94(124)126-52-77-74-49-33-29-45-70(74)71-46-30-34-50-75(71)77)89(119)61(8)102-83(113)58(5)100-86(116)78(53-127(129,64-35-19-15-20-36-64)65-37-21-16-22-38-65)108(93(123)125-51-76-72-47-31-27-43-68(72)69-44-28-32-48-73(69)76)90(120)62(9)104-92(122)96(13,14)106-84(114)59(6)99-82(112)57(4)98-63(10)110/h15-16,19-22,27-38,43-50,55-62,66-67,76-80H,17-18,23-26,39-42,51-54H2,1-14H3,(H2,97,111)(H,98,110)(H,99,112)(H,100,116)(H,101,118)(H,102,113)(H,103,121)(H,104,122)(H,105,117)(H,106,114)(H,107,115)/t56-,57-,58-,59-,60-,61-,62-,78+,79-,80-/m0/s1. The molecule has 4 aliphatic rings. The molecule has 0 radical (unpaired) electrons. The molecule has 0 bridgehead atoms. The first-order valence-electron chi connectivity index (χ1n) is 44.5. The van der Waals surface area contributed by atoms with Crippen LogP contribution in [-0.2, 0) is 95.4 Å². The van der Waals surface area contributed by atoms with E-state index in [1.54, 1.807) is 74.5 Å². The lowest BCUT2D eigenvalue weighted by atomic mass is 9.98. The highest BCUT2D eigenvalue weighted by atomic mass is 32.4. The summed E-state index contributed by atoms with van der Waals surface area (Å²) in [6.45, 7) is 18.5. The van der Waals surface area contributed by atoms with Crippen molar-refractivity contribution in [2.24, 2.45) is 11.7 Å². The molecule has 0 unspecified atom stereocenters. The Balaban J connectivity index is 1.03. The van der Waals surface area contributed by atoms with Crippen LogP contribution in [0.4, 0.5) is 9.59 Å². The van der Waals surface area contributed by atoms with Crippen molar-refractivity contribution in [3.05, 3.63) is 180 Å². The van der Waals surface area contributed by atoms with Crippen LogP contribution in [0.25, 0.3) is 22.3 Å². The van der Waals surface area contributed by atoms with Crippen LogP contribution in [0.3, 0.4) is 0 Å². The van der Waals surface area contributed by atoms with Crippen LogP contribution in [0.2, 0.25) is 0 Å². The van der Waals surface area contributed by atoms with Crippen molar-refractivity contribution in [1.82, 2.24) is 63.0 Å². The molecule has 6 aromatic carbocycles. The van der Waals surface area contributed by atoms with Crippen LogP contribution in [0.5, 0.6) is 0 Å². The molecule has 15 amide bonds. The van der Waals surface area contributed by atoms with Crippen molar-refractivity contribution < 1.29 is 81.4 Å². The molecule has 34 heteroatoms. The molecular weight excluding hydrogens is 1730 g/mol. The van der Waals surface area contributed by atoms with Gasteiger partial charge in [0.2, 0.25) is 65.0 Å². The number of hydrogen-bond donors (Lipinski definition) is 11. The summed E-state index contributed by atoms with van der Waals surface area (Å²) >= 11 is 14.0. The number of carbonyl (C=O) groups excluding carboxylic acids is 15.